The smallest absolute Gasteiger partial charge is 0.417 e. The lowest BCUT2D eigenvalue weighted by atomic mass is 10.5. The van der Waals surface area contributed by atoms with E-state index in [2.05, 4.69) is 25.3 Å². The summed E-state index contributed by atoms with van der Waals surface area (Å²) in [5.41, 5.74) is 0. The van der Waals surface area contributed by atoms with Crippen LogP contribution in [0.15, 0.2) is 0 Å². The van der Waals surface area contributed by atoms with E-state index in [-0.39, 0.29) is 9.80 Å². The molecule has 0 saturated heterocycles. The van der Waals surface area contributed by atoms with Gasteiger partial charge in [0.25, 0.3) is 0 Å². The van der Waals surface area contributed by atoms with Crippen LogP contribution in [0.25, 0.3) is 0 Å². The summed E-state index contributed by atoms with van der Waals surface area (Å²) in [4.78, 5) is 41.8. The van der Waals surface area contributed by atoms with Gasteiger partial charge in [-0.1, -0.05) is 0 Å². The van der Waals surface area contributed by atoms with Crippen LogP contribution in [0.2, 0.25) is 0 Å². The molecular formula is C6H8N2O8S2. The molecule has 0 aromatic carbocycles. The molecule has 0 bridgehead atoms. The van der Waals surface area contributed by atoms with Gasteiger partial charge >= 0.3 is 24.4 Å². The molecule has 4 N–H and O–H groups in total. The lowest BCUT2D eigenvalue weighted by Gasteiger charge is -2.29. The molecule has 18 heavy (non-hydrogen) atoms. The van der Waals surface area contributed by atoms with Crippen molar-refractivity contribution >= 4 is 49.6 Å². The van der Waals surface area contributed by atoms with E-state index in [0.29, 0.717) is 0 Å². The largest absolute Gasteiger partial charge is 0.464 e. The summed E-state index contributed by atoms with van der Waals surface area (Å²) in [6.07, 6.45) is -7.79. The van der Waals surface area contributed by atoms with E-state index < -0.39 is 35.1 Å². The zero-order chi connectivity index (χ0) is 14.6. The summed E-state index contributed by atoms with van der Waals surface area (Å²) in [7, 11) is 0. The Balaban J connectivity index is 5.22. The summed E-state index contributed by atoms with van der Waals surface area (Å²) < 4.78 is 0. The zero-order valence-corrected chi connectivity index (χ0v) is 10.2. The fourth-order valence-electron chi connectivity index (χ4n) is 0.883. The lowest BCUT2D eigenvalue weighted by molar-refractivity contribution is 0.0939. The Hall–Kier alpha value is -1.82. The van der Waals surface area contributed by atoms with E-state index in [1.165, 1.54) is 0 Å². The molecule has 2 unspecified atom stereocenters. The normalized spacial score (nSPS) is 13.2. The minimum Gasteiger partial charge on any atom is -0.464 e. The second kappa shape index (κ2) is 6.20. The van der Waals surface area contributed by atoms with Crippen LogP contribution in [0.4, 0.5) is 19.2 Å². The third-order valence-corrected chi connectivity index (χ3v) is 2.88. The van der Waals surface area contributed by atoms with Crippen molar-refractivity contribution in [3.8, 4) is 0 Å². The molecule has 10 nitrogen and oxygen atoms in total. The van der Waals surface area contributed by atoms with Crippen LogP contribution in [0, 0.1) is 0 Å². The number of rotatable bonds is 3. The second-order valence-electron chi connectivity index (χ2n) is 2.70. The first-order chi connectivity index (χ1) is 8.11. The van der Waals surface area contributed by atoms with Gasteiger partial charge in [0, 0.05) is 0 Å². The van der Waals surface area contributed by atoms with Crippen molar-refractivity contribution < 1.29 is 39.6 Å². The molecule has 0 spiro atoms. The molecule has 0 heterocycles. The summed E-state index contributed by atoms with van der Waals surface area (Å²) in [5, 5.41) is 30.6. The molecule has 0 aliphatic carbocycles. The second-order valence-corrected chi connectivity index (χ2v) is 3.76. The summed E-state index contributed by atoms with van der Waals surface area (Å²) in [6, 6.07) is 0. The summed E-state index contributed by atoms with van der Waals surface area (Å²) in [6.45, 7) is 0. The van der Waals surface area contributed by atoms with E-state index in [1.54, 1.807) is 0 Å². The monoisotopic (exact) mass is 300 g/mol. The quantitative estimate of drug-likeness (QED) is 0.330. The van der Waals surface area contributed by atoms with Crippen LogP contribution in [0.3, 0.4) is 0 Å². The maximum Gasteiger partial charge on any atom is 0.417 e. The van der Waals surface area contributed by atoms with Crippen LogP contribution in [0.5, 0.6) is 0 Å². The SMILES string of the molecule is O=C(O)N(C(=O)O)C(S)C(S)N(C(=O)O)C(=O)O. The Kier molecular flexibility index (Phi) is 5.58. The maximum absolute atomic E-state index is 10.6. The van der Waals surface area contributed by atoms with Gasteiger partial charge in [0.05, 0.1) is 0 Å². The first kappa shape index (κ1) is 16.2. The minimum absolute atomic E-state index is 0.278. The minimum atomic E-state index is -1.95. The van der Waals surface area contributed by atoms with Gasteiger partial charge in [-0.2, -0.15) is 35.1 Å². The highest BCUT2D eigenvalue weighted by atomic mass is 32.1. The van der Waals surface area contributed by atoms with E-state index >= 15 is 0 Å². The fourth-order valence-corrected chi connectivity index (χ4v) is 1.54. The highest BCUT2D eigenvalue weighted by Crippen LogP contribution is 2.19. The Morgan fingerprint density at radius 2 is 0.833 bits per heavy atom. The van der Waals surface area contributed by atoms with E-state index in [1.807, 2.05) is 0 Å². The molecule has 4 amide bonds. The molecule has 102 valence electrons. The molecule has 0 rings (SSSR count). The van der Waals surface area contributed by atoms with Crippen LogP contribution in [-0.2, 0) is 0 Å². The predicted molar refractivity (Wildman–Crippen MR) is 61.3 cm³/mol. The lowest BCUT2D eigenvalue weighted by Crippen LogP contribution is -2.53. The number of amides is 4. The average molecular weight is 300 g/mol. The molecule has 12 heteroatoms. The van der Waals surface area contributed by atoms with Crippen molar-refractivity contribution in [2.75, 3.05) is 0 Å². The Labute approximate surface area is 110 Å². The van der Waals surface area contributed by atoms with Crippen LogP contribution in [0.1, 0.15) is 0 Å². The first-order valence-electron chi connectivity index (χ1n) is 3.97. The van der Waals surface area contributed by atoms with Gasteiger partial charge < -0.3 is 20.4 Å². The molecule has 0 aliphatic rings. The maximum atomic E-state index is 10.6. The van der Waals surface area contributed by atoms with E-state index in [4.69, 9.17) is 20.4 Å². The number of imide groups is 2. The number of thiol groups is 2. The zero-order valence-electron chi connectivity index (χ0n) is 8.37. The number of nitrogens with zero attached hydrogens (tertiary/aromatic N) is 2. The van der Waals surface area contributed by atoms with Gasteiger partial charge in [-0.05, 0) is 0 Å². The third kappa shape index (κ3) is 3.59. The van der Waals surface area contributed by atoms with Crippen molar-refractivity contribution in [2.45, 2.75) is 10.7 Å². The molecule has 0 aromatic heterocycles. The number of carboxylic acid groups (broad SMARTS) is 4. The highest BCUT2D eigenvalue weighted by Gasteiger charge is 2.39. The Morgan fingerprint density at radius 1 is 0.667 bits per heavy atom. The van der Waals surface area contributed by atoms with Crippen molar-refractivity contribution in [1.82, 2.24) is 9.80 Å². The third-order valence-electron chi connectivity index (χ3n) is 1.62. The van der Waals surface area contributed by atoms with Gasteiger partial charge in [-0.3, -0.25) is 0 Å². The van der Waals surface area contributed by atoms with Gasteiger partial charge in [-0.25, -0.2) is 19.2 Å². The van der Waals surface area contributed by atoms with Crippen molar-refractivity contribution in [1.29, 1.82) is 0 Å². The standard InChI is InChI=1S/C6H8N2O8S2/c9-3(10)7(4(11)12)1(17)2(18)8(5(13)14)6(15)16/h1-2,17-18H,(H,9,10)(H,11,12)(H,13,14)(H,15,16). The summed E-state index contributed by atoms with van der Waals surface area (Å²) in [5.74, 6) is 0. The number of hydrogen-bond donors (Lipinski definition) is 6. The highest BCUT2D eigenvalue weighted by molar-refractivity contribution is 7.85. The van der Waals surface area contributed by atoms with Crippen molar-refractivity contribution in [3.05, 3.63) is 0 Å². The van der Waals surface area contributed by atoms with Crippen LogP contribution < -0.4 is 0 Å². The topological polar surface area (TPSA) is 156 Å². The number of hydrogen-bond acceptors (Lipinski definition) is 6. The van der Waals surface area contributed by atoms with Gasteiger partial charge in [0.1, 0.15) is 10.7 Å². The Morgan fingerprint density at radius 3 is 0.944 bits per heavy atom. The Bertz CT molecular complexity index is 324. The van der Waals surface area contributed by atoms with Crippen molar-refractivity contribution in [2.24, 2.45) is 0 Å². The molecular weight excluding hydrogens is 292 g/mol. The molecule has 0 radical (unpaired) electrons. The van der Waals surface area contributed by atoms with Crippen LogP contribution >= 0.6 is 25.3 Å². The molecule has 0 aromatic rings. The first-order valence-corrected chi connectivity index (χ1v) is 5.00. The van der Waals surface area contributed by atoms with Gasteiger partial charge in [0.2, 0.25) is 0 Å². The average Bonchev–Trinajstić information content (AvgIpc) is 2.14. The van der Waals surface area contributed by atoms with Crippen LogP contribution in [-0.4, -0.2) is 65.3 Å². The van der Waals surface area contributed by atoms with Gasteiger partial charge in [-0.15, -0.1) is 0 Å². The van der Waals surface area contributed by atoms with E-state index in [0.717, 1.165) is 0 Å². The number of carbonyl (C=O) groups is 4. The molecule has 0 aliphatic heterocycles. The molecule has 0 saturated carbocycles. The molecule has 0 fully saturated rings. The van der Waals surface area contributed by atoms with E-state index in [9.17, 15) is 19.2 Å². The summed E-state index contributed by atoms with van der Waals surface area (Å²) >= 11 is 7.09. The van der Waals surface area contributed by atoms with Gasteiger partial charge in [0.15, 0.2) is 0 Å². The van der Waals surface area contributed by atoms with Crippen molar-refractivity contribution in [3.63, 3.8) is 0 Å². The molecule has 2 atom stereocenters. The predicted octanol–water partition coefficient (Wildman–Crippen LogP) is 0.814. The fraction of sp³-hybridized carbons (Fsp3) is 0.333.